The Balaban J connectivity index is 3.37. The molecule has 0 aliphatic carbocycles. The van der Waals surface area contributed by atoms with Crippen LogP contribution in [0.4, 0.5) is 0 Å². The van der Waals surface area contributed by atoms with Crippen molar-refractivity contribution in [3.8, 4) is 0 Å². The van der Waals surface area contributed by atoms with Gasteiger partial charge in [0.25, 0.3) is 0 Å². The summed E-state index contributed by atoms with van der Waals surface area (Å²) in [7, 11) is 1.33. The van der Waals surface area contributed by atoms with Crippen LogP contribution in [0.15, 0.2) is 12.3 Å². The molecular weight excluding hydrogens is 144 g/mol. The molecule has 0 fully saturated rings. The van der Waals surface area contributed by atoms with Crippen LogP contribution in [0, 0.1) is 5.92 Å². The number of carbonyl (C=O) groups excluding carboxylic acids is 1. The Morgan fingerprint density at radius 1 is 1.55 bits per heavy atom. The van der Waals surface area contributed by atoms with E-state index in [1.165, 1.54) is 19.4 Å². The lowest BCUT2D eigenvalue weighted by molar-refractivity contribution is -0.135. The Hall–Kier alpha value is -0.990. The molecule has 0 amide bonds. The number of hydrogen-bond acceptors (Lipinski definition) is 3. The maximum absolute atomic E-state index is 10.5. The highest BCUT2D eigenvalue weighted by atomic mass is 16.5. The van der Waals surface area contributed by atoms with Gasteiger partial charge in [-0.15, -0.1) is 0 Å². The zero-order valence-corrected chi connectivity index (χ0v) is 7.16. The molecule has 0 saturated carbocycles. The third kappa shape index (κ3) is 6.90. The number of hydrogen-bond donors (Lipinski definition) is 0. The van der Waals surface area contributed by atoms with E-state index in [9.17, 15) is 4.79 Å². The number of ether oxygens (including phenoxy) is 2. The molecular formula is C8H14O3. The third-order valence-electron chi connectivity index (χ3n) is 0.931. The zero-order valence-electron chi connectivity index (χ0n) is 7.16. The summed E-state index contributed by atoms with van der Waals surface area (Å²) < 4.78 is 9.34. The van der Waals surface area contributed by atoms with Crippen LogP contribution in [0.3, 0.4) is 0 Å². The highest BCUT2D eigenvalue weighted by molar-refractivity contribution is 5.81. The summed E-state index contributed by atoms with van der Waals surface area (Å²) >= 11 is 0. The topological polar surface area (TPSA) is 35.5 Å². The van der Waals surface area contributed by atoms with Gasteiger partial charge < -0.3 is 9.47 Å². The van der Waals surface area contributed by atoms with Gasteiger partial charge in [-0.3, -0.25) is 0 Å². The van der Waals surface area contributed by atoms with Crippen molar-refractivity contribution in [2.75, 3.05) is 13.7 Å². The van der Waals surface area contributed by atoms with Gasteiger partial charge in [-0.1, -0.05) is 13.8 Å². The lowest BCUT2D eigenvalue weighted by Crippen LogP contribution is -1.98. The average molecular weight is 158 g/mol. The predicted octanol–water partition coefficient (Wildman–Crippen LogP) is 1.35. The van der Waals surface area contributed by atoms with Crippen LogP contribution >= 0.6 is 0 Å². The van der Waals surface area contributed by atoms with Crippen LogP contribution in [0.2, 0.25) is 0 Å². The molecule has 64 valence electrons. The first-order valence-corrected chi connectivity index (χ1v) is 3.53. The molecule has 3 nitrogen and oxygen atoms in total. The highest BCUT2D eigenvalue weighted by Crippen LogP contribution is 1.92. The monoisotopic (exact) mass is 158 g/mol. The Morgan fingerprint density at radius 3 is 2.64 bits per heavy atom. The van der Waals surface area contributed by atoms with E-state index in [0.29, 0.717) is 12.5 Å². The summed E-state index contributed by atoms with van der Waals surface area (Å²) in [6.07, 6.45) is 2.61. The minimum atomic E-state index is -0.395. The highest BCUT2D eigenvalue weighted by Gasteiger charge is 1.92. The molecule has 0 aromatic rings. The van der Waals surface area contributed by atoms with Crippen molar-refractivity contribution in [2.24, 2.45) is 5.92 Å². The molecule has 3 heteroatoms. The SMILES string of the molecule is COC(=O)C=COCC(C)C. The summed E-state index contributed by atoms with van der Waals surface area (Å²) in [4.78, 5) is 10.5. The third-order valence-corrected chi connectivity index (χ3v) is 0.931. The van der Waals surface area contributed by atoms with E-state index < -0.39 is 5.97 Å². The van der Waals surface area contributed by atoms with E-state index in [2.05, 4.69) is 4.74 Å². The van der Waals surface area contributed by atoms with Gasteiger partial charge in [0.15, 0.2) is 0 Å². The van der Waals surface area contributed by atoms with E-state index in [1.54, 1.807) is 0 Å². The normalized spacial score (nSPS) is 10.5. The van der Waals surface area contributed by atoms with E-state index in [-0.39, 0.29) is 0 Å². The second-order valence-electron chi connectivity index (χ2n) is 2.55. The molecule has 0 heterocycles. The standard InChI is InChI=1S/C8H14O3/c1-7(2)6-11-5-4-8(9)10-3/h4-5,7H,6H2,1-3H3. The van der Waals surface area contributed by atoms with Crippen LogP contribution in [-0.4, -0.2) is 19.7 Å². The van der Waals surface area contributed by atoms with Crippen molar-refractivity contribution in [3.63, 3.8) is 0 Å². The second-order valence-corrected chi connectivity index (χ2v) is 2.55. The number of esters is 1. The number of methoxy groups -OCH3 is 1. The van der Waals surface area contributed by atoms with Crippen molar-refractivity contribution in [2.45, 2.75) is 13.8 Å². The summed E-state index contributed by atoms with van der Waals surface area (Å²) in [5, 5.41) is 0. The average Bonchev–Trinajstić information content (AvgIpc) is 1.97. The van der Waals surface area contributed by atoms with Crippen LogP contribution in [0.5, 0.6) is 0 Å². The quantitative estimate of drug-likeness (QED) is 0.352. The van der Waals surface area contributed by atoms with Gasteiger partial charge in [-0.2, -0.15) is 0 Å². The van der Waals surface area contributed by atoms with E-state index in [4.69, 9.17) is 4.74 Å². The molecule has 0 aliphatic heterocycles. The van der Waals surface area contributed by atoms with Gasteiger partial charge >= 0.3 is 5.97 Å². The molecule has 11 heavy (non-hydrogen) atoms. The van der Waals surface area contributed by atoms with Crippen LogP contribution in [-0.2, 0) is 14.3 Å². The molecule has 0 radical (unpaired) electrons. The van der Waals surface area contributed by atoms with E-state index in [0.717, 1.165) is 0 Å². The van der Waals surface area contributed by atoms with Crippen molar-refractivity contribution in [1.82, 2.24) is 0 Å². The summed E-state index contributed by atoms with van der Waals surface area (Å²) in [6, 6.07) is 0. The molecule has 0 aromatic carbocycles. The second kappa shape index (κ2) is 5.77. The lowest BCUT2D eigenvalue weighted by atomic mass is 10.2. The number of rotatable bonds is 4. The molecule has 0 aromatic heterocycles. The maximum Gasteiger partial charge on any atom is 0.333 e. The Kier molecular flexibility index (Phi) is 5.25. The Morgan fingerprint density at radius 2 is 2.18 bits per heavy atom. The molecule has 0 bridgehead atoms. The summed E-state index contributed by atoms with van der Waals surface area (Å²) in [5.74, 6) is 0.0750. The van der Waals surface area contributed by atoms with Gasteiger partial charge in [-0.05, 0) is 5.92 Å². The summed E-state index contributed by atoms with van der Waals surface area (Å²) in [6.45, 7) is 4.69. The molecule has 0 atom stereocenters. The molecule has 0 aliphatic rings. The first-order chi connectivity index (χ1) is 5.16. The molecule has 0 spiro atoms. The smallest absolute Gasteiger partial charge is 0.333 e. The van der Waals surface area contributed by atoms with Crippen molar-refractivity contribution < 1.29 is 14.3 Å². The fraction of sp³-hybridized carbons (Fsp3) is 0.625. The first kappa shape index (κ1) is 10.0. The fourth-order valence-electron chi connectivity index (χ4n) is 0.420. The van der Waals surface area contributed by atoms with Gasteiger partial charge in [0.2, 0.25) is 0 Å². The Bertz CT molecular complexity index is 138. The minimum absolute atomic E-state index is 0.395. The predicted molar refractivity (Wildman–Crippen MR) is 41.9 cm³/mol. The van der Waals surface area contributed by atoms with Gasteiger partial charge in [0.05, 0.1) is 26.1 Å². The lowest BCUT2D eigenvalue weighted by Gasteiger charge is -2.01. The van der Waals surface area contributed by atoms with Crippen LogP contribution in [0.1, 0.15) is 13.8 Å². The fourth-order valence-corrected chi connectivity index (χ4v) is 0.420. The zero-order chi connectivity index (χ0) is 8.69. The summed E-state index contributed by atoms with van der Waals surface area (Å²) in [5.41, 5.74) is 0. The first-order valence-electron chi connectivity index (χ1n) is 3.53. The van der Waals surface area contributed by atoms with Crippen molar-refractivity contribution in [3.05, 3.63) is 12.3 Å². The van der Waals surface area contributed by atoms with E-state index in [1.807, 2.05) is 13.8 Å². The molecule has 0 rings (SSSR count). The van der Waals surface area contributed by atoms with Gasteiger partial charge in [0, 0.05) is 0 Å². The van der Waals surface area contributed by atoms with Crippen LogP contribution in [0.25, 0.3) is 0 Å². The molecule has 0 N–H and O–H groups in total. The maximum atomic E-state index is 10.5. The number of carbonyl (C=O) groups is 1. The minimum Gasteiger partial charge on any atom is -0.501 e. The van der Waals surface area contributed by atoms with Gasteiger partial charge in [0.1, 0.15) is 0 Å². The van der Waals surface area contributed by atoms with Crippen molar-refractivity contribution in [1.29, 1.82) is 0 Å². The van der Waals surface area contributed by atoms with E-state index >= 15 is 0 Å². The largest absolute Gasteiger partial charge is 0.501 e. The van der Waals surface area contributed by atoms with Gasteiger partial charge in [-0.25, -0.2) is 4.79 Å². The Labute approximate surface area is 67.0 Å². The van der Waals surface area contributed by atoms with Crippen LogP contribution < -0.4 is 0 Å². The van der Waals surface area contributed by atoms with Crippen molar-refractivity contribution >= 4 is 5.97 Å². The molecule has 0 saturated heterocycles. The molecule has 0 unspecified atom stereocenters.